The Kier molecular flexibility index (Phi) is 2.75. The van der Waals surface area contributed by atoms with E-state index in [-0.39, 0.29) is 0 Å². The zero-order valence-electron chi connectivity index (χ0n) is 7.46. The van der Waals surface area contributed by atoms with E-state index in [1.165, 1.54) is 0 Å². The highest BCUT2D eigenvalue weighted by Crippen LogP contribution is 2.18. The number of benzene rings is 1. The standard InChI is InChI=1S/C8H8N2.C2H6/c9-7-2-1-3-8-6(7)4-5-10-8;1-2/h1-5,10H,9H2;1-2H3. The molecule has 3 N–H and O–H groups in total. The molecule has 1 aromatic heterocycles. The predicted molar refractivity (Wildman–Crippen MR) is 54.1 cm³/mol. The minimum Gasteiger partial charge on any atom is -0.398 e. The van der Waals surface area contributed by atoms with E-state index in [9.17, 15) is 0 Å². The second-order valence-electron chi connectivity index (χ2n) is 2.29. The molecule has 2 heteroatoms. The lowest BCUT2D eigenvalue weighted by Gasteiger charge is -1.92. The van der Waals surface area contributed by atoms with Gasteiger partial charge < -0.3 is 10.7 Å². The van der Waals surface area contributed by atoms with Gasteiger partial charge in [0.1, 0.15) is 0 Å². The first-order valence-electron chi connectivity index (χ1n) is 4.19. The van der Waals surface area contributed by atoms with Crippen LogP contribution < -0.4 is 5.73 Å². The van der Waals surface area contributed by atoms with Gasteiger partial charge in [0.15, 0.2) is 0 Å². The molecule has 0 spiro atoms. The van der Waals surface area contributed by atoms with Crippen LogP contribution in [0.3, 0.4) is 0 Å². The number of hydrogen-bond acceptors (Lipinski definition) is 1. The third-order valence-electron chi connectivity index (χ3n) is 1.63. The number of fused-ring (bicyclic) bond motifs is 1. The molecule has 1 aromatic carbocycles. The Balaban J connectivity index is 0.000000336. The molecule has 2 aromatic rings. The Morgan fingerprint density at radius 1 is 1.17 bits per heavy atom. The van der Waals surface area contributed by atoms with Crippen LogP contribution in [0.15, 0.2) is 30.5 Å². The van der Waals surface area contributed by atoms with Gasteiger partial charge in [0, 0.05) is 22.8 Å². The van der Waals surface area contributed by atoms with Crippen LogP contribution in [0.4, 0.5) is 5.69 Å². The summed E-state index contributed by atoms with van der Waals surface area (Å²) >= 11 is 0. The molecule has 0 saturated heterocycles. The molecular weight excluding hydrogens is 148 g/mol. The predicted octanol–water partition coefficient (Wildman–Crippen LogP) is 2.78. The lowest BCUT2D eigenvalue weighted by atomic mass is 10.2. The highest BCUT2D eigenvalue weighted by Gasteiger charge is 1.94. The van der Waals surface area contributed by atoms with Gasteiger partial charge in [-0.2, -0.15) is 0 Å². The number of rotatable bonds is 0. The monoisotopic (exact) mass is 162 g/mol. The van der Waals surface area contributed by atoms with E-state index in [1.807, 2.05) is 44.3 Å². The molecule has 0 atom stereocenters. The minimum atomic E-state index is 0.832. The maximum atomic E-state index is 5.68. The summed E-state index contributed by atoms with van der Waals surface area (Å²) in [6.45, 7) is 4.00. The van der Waals surface area contributed by atoms with E-state index in [4.69, 9.17) is 5.73 Å². The Morgan fingerprint density at radius 3 is 2.58 bits per heavy atom. The van der Waals surface area contributed by atoms with Gasteiger partial charge in [0.05, 0.1) is 0 Å². The number of aromatic nitrogens is 1. The minimum absolute atomic E-state index is 0.832. The Hall–Kier alpha value is -1.44. The maximum Gasteiger partial charge on any atom is 0.0474 e. The first kappa shape index (κ1) is 8.65. The highest BCUT2D eigenvalue weighted by molar-refractivity contribution is 5.90. The van der Waals surface area contributed by atoms with Crippen molar-refractivity contribution < 1.29 is 0 Å². The zero-order valence-corrected chi connectivity index (χ0v) is 7.46. The molecule has 0 radical (unpaired) electrons. The summed E-state index contributed by atoms with van der Waals surface area (Å²) in [5.41, 5.74) is 7.61. The second-order valence-corrected chi connectivity index (χ2v) is 2.29. The van der Waals surface area contributed by atoms with Crippen LogP contribution in [0, 0.1) is 0 Å². The molecule has 12 heavy (non-hydrogen) atoms. The molecule has 0 saturated carbocycles. The van der Waals surface area contributed by atoms with Gasteiger partial charge in [0.2, 0.25) is 0 Å². The van der Waals surface area contributed by atoms with Crippen molar-refractivity contribution in [2.24, 2.45) is 0 Å². The molecule has 0 fully saturated rings. The van der Waals surface area contributed by atoms with Gasteiger partial charge in [-0.15, -0.1) is 0 Å². The van der Waals surface area contributed by atoms with Crippen LogP contribution in [0.2, 0.25) is 0 Å². The molecule has 0 aliphatic heterocycles. The Bertz CT molecular complexity index is 349. The van der Waals surface area contributed by atoms with Gasteiger partial charge in [-0.1, -0.05) is 19.9 Å². The fourth-order valence-electron chi connectivity index (χ4n) is 1.11. The number of anilines is 1. The molecule has 0 unspecified atom stereocenters. The average molecular weight is 162 g/mol. The summed E-state index contributed by atoms with van der Waals surface area (Å²) in [5.74, 6) is 0. The first-order chi connectivity index (χ1) is 5.88. The van der Waals surface area contributed by atoms with Gasteiger partial charge in [-0.25, -0.2) is 0 Å². The lowest BCUT2D eigenvalue weighted by Crippen LogP contribution is -1.82. The lowest BCUT2D eigenvalue weighted by molar-refractivity contribution is 1.48. The SMILES string of the molecule is CC.Nc1cccc2[nH]ccc12. The quantitative estimate of drug-likeness (QED) is 0.574. The molecule has 0 bridgehead atoms. The topological polar surface area (TPSA) is 41.8 Å². The van der Waals surface area contributed by atoms with Crippen LogP contribution in [0.1, 0.15) is 13.8 Å². The smallest absolute Gasteiger partial charge is 0.0474 e. The second kappa shape index (κ2) is 3.81. The Labute approximate surface area is 72.4 Å². The van der Waals surface area contributed by atoms with E-state index < -0.39 is 0 Å². The number of nitrogens with one attached hydrogen (secondary N) is 1. The van der Waals surface area contributed by atoms with E-state index >= 15 is 0 Å². The number of nitrogen functional groups attached to an aromatic ring is 1. The van der Waals surface area contributed by atoms with E-state index in [2.05, 4.69) is 4.98 Å². The van der Waals surface area contributed by atoms with Crippen LogP contribution in [0.25, 0.3) is 10.9 Å². The van der Waals surface area contributed by atoms with Crippen molar-refractivity contribution in [3.63, 3.8) is 0 Å². The zero-order chi connectivity index (χ0) is 8.97. The summed E-state index contributed by atoms with van der Waals surface area (Å²) in [6, 6.07) is 7.82. The van der Waals surface area contributed by atoms with Gasteiger partial charge >= 0.3 is 0 Å². The van der Waals surface area contributed by atoms with Gasteiger partial charge in [-0.3, -0.25) is 0 Å². The summed E-state index contributed by atoms with van der Waals surface area (Å²) < 4.78 is 0. The molecule has 64 valence electrons. The maximum absolute atomic E-state index is 5.68. The van der Waals surface area contributed by atoms with E-state index in [0.29, 0.717) is 0 Å². The summed E-state index contributed by atoms with van der Waals surface area (Å²) in [6.07, 6.45) is 1.89. The summed E-state index contributed by atoms with van der Waals surface area (Å²) in [7, 11) is 0. The molecule has 2 nitrogen and oxygen atoms in total. The van der Waals surface area contributed by atoms with E-state index in [1.54, 1.807) is 0 Å². The van der Waals surface area contributed by atoms with Crippen LogP contribution in [0.5, 0.6) is 0 Å². The van der Waals surface area contributed by atoms with Crippen molar-refractivity contribution in [3.05, 3.63) is 30.5 Å². The summed E-state index contributed by atoms with van der Waals surface area (Å²) in [5, 5.41) is 1.10. The van der Waals surface area contributed by atoms with Crippen molar-refractivity contribution in [2.75, 3.05) is 5.73 Å². The summed E-state index contributed by atoms with van der Waals surface area (Å²) in [4.78, 5) is 3.08. The molecule has 0 amide bonds. The first-order valence-corrected chi connectivity index (χ1v) is 4.19. The molecule has 0 aliphatic carbocycles. The number of H-pyrrole nitrogens is 1. The van der Waals surface area contributed by atoms with Crippen molar-refractivity contribution >= 4 is 16.6 Å². The molecule has 2 rings (SSSR count). The third kappa shape index (κ3) is 1.42. The molecule has 0 aliphatic rings. The normalized spacial score (nSPS) is 9.17. The van der Waals surface area contributed by atoms with Crippen molar-refractivity contribution in [2.45, 2.75) is 13.8 Å². The number of nitrogens with two attached hydrogens (primary N) is 1. The van der Waals surface area contributed by atoms with E-state index in [0.717, 1.165) is 16.6 Å². The van der Waals surface area contributed by atoms with Crippen molar-refractivity contribution in [3.8, 4) is 0 Å². The third-order valence-corrected chi connectivity index (χ3v) is 1.63. The number of hydrogen-bond donors (Lipinski definition) is 2. The van der Waals surface area contributed by atoms with Crippen molar-refractivity contribution in [1.29, 1.82) is 0 Å². The highest BCUT2D eigenvalue weighted by atomic mass is 14.7. The van der Waals surface area contributed by atoms with Gasteiger partial charge in [0.25, 0.3) is 0 Å². The fraction of sp³-hybridized carbons (Fsp3) is 0.200. The van der Waals surface area contributed by atoms with Crippen LogP contribution >= 0.6 is 0 Å². The van der Waals surface area contributed by atoms with Gasteiger partial charge in [-0.05, 0) is 18.2 Å². The number of aromatic amines is 1. The fourth-order valence-corrected chi connectivity index (χ4v) is 1.11. The largest absolute Gasteiger partial charge is 0.398 e. The van der Waals surface area contributed by atoms with Crippen LogP contribution in [-0.4, -0.2) is 4.98 Å². The van der Waals surface area contributed by atoms with Crippen LogP contribution in [-0.2, 0) is 0 Å². The molecular formula is C10H14N2. The molecule has 1 heterocycles. The van der Waals surface area contributed by atoms with Crippen molar-refractivity contribution in [1.82, 2.24) is 4.98 Å². The average Bonchev–Trinajstić information content (AvgIpc) is 2.57. The Morgan fingerprint density at radius 2 is 1.92 bits per heavy atom.